The summed E-state index contributed by atoms with van der Waals surface area (Å²) in [6, 6.07) is 1.16. The van der Waals surface area contributed by atoms with Gasteiger partial charge in [0.25, 0.3) is 0 Å². The van der Waals surface area contributed by atoms with E-state index < -0.39 is 0 Å². The number of fused-ring (bicyclic) bond motifs is 1. The standard InChI is InChI=1S/C10H16N2/c1-2-7-12-8-11-9-5-3-4-6-10(9)12/h3-6,9-11H,2,7-8H2,1H3. The van der Waals surface area contributed by atoms with Crippen LogP contribution in [0.4, 0.5) is 0 Å². The summed E-state index contributed by atoms with van der Waals surface area (Å²) in [5.74, 6) is 0. The van der Waals surface area contributed by atoms with Crippen molar-refractivity contribution in [3.63, 3.8) is 0 Å². The molecule has 0 amide bonds. The normalized spacial score (nSPS) is 34.1. The van der Waals surface area contributed by atoms with Crippen molar-refractivity contribution in [2.75, 3.05) is 13.2 Å². The van der Waals surface area contributed by atoms with E-state index in [1.54, 1.807) is 0 Å². The van der Waals surface area contributed by atoms with Gasteiger partial charge in [-0.2, -0.15) is 0 Å². The molecule has 2 unspecified atom stereocenters. The number of hydrogen-bond donors (Lipinski definition) is 1. The molecule has 2 nitrogen and oxygen atoms in total. The molecular weight excluding hydrogens is 148 g/mol. The first-order valence-electron chi connectivity index (χ1n) is 4.74. The van der Waals surface area contributed by atoms with E-state index >= 15 is 0 Å². The third-order valence-corrected chi connectivity index (χ3v) is 2.57. The molecule has 2 rings (SSSR count). The fourth-order valence-corrected chi connectivity index (χ4v) is 1.98. The Morgan fingerprint density at radius 2 is 2.25 bits per heavy atom. The van der Waals surface area contributed by atoms with Crippen LogP contribution < -0.4 is 5.32 Å². The van der Waals surface area contributed by atoms with Gasteiger partial charge in [-0.25, -0.2) is 0 Å². The van der Waals surface area contributed by atoms with Gasteiger partial charge in [0.1, 0.15) is 0 Å². The molecule has 0 saturated carbocycles. The average molecular weight is 164 g/mol. The molecular formula is C10H16N2. The summed E-state index contributed by atoms with van der Waals surface area (Å²) in [5.41, 5.74) is 0. The largest absolute Gasteiger partial charge is 0.296 e. The Kier molecular flexibility index (Phi) is 2.28. The smallest absolute Gasteiger partial charge is 0.0491 e. The molecule has 66 valence electrons. The highest BCUT2D eigenvalue weighted by molar-refractivity contribution is 5.22. The molecule has 2 heteroatoms. The molecule has 0 aromatic rings. The minimum atomic E-state index is 0.557. The highest BCUT2D eigenvalue weighted by Crippen LogP contribution is 2.17. The van der Waals surface area contributed by atoms with E-state index in [0.717, 1.165) is 6.67 Å². The molecule has 2 aliphatic rings. The number of rotatable bonds is 2. The first-order chi connectivity index (χ1) is 5.92. The minimum absolute atomic E-state index is 0.557. The van der Waals surface area contributed by atoms with Crippen LogP contribution in [0.1, 0.15) is 13.3 Å². The van der Waals surface area contributed by atoms with Crippen LogP contribution in [0.2, 0.25) is 0 Å². The molecule has 1 fully saturated rings. The van der Waals surface area contributed by atoms with Crippen molar-refractivity contribution in [2.24, 2.45) is 0 Å². The van der Waals surface area contributed by atoms with Crippen molar-refractivity contribution in [1.29, 1.82) is 0 Å². The van der Waals surface area contributed by atoms with Crippen LogP contribution >= 0.6 is 0 Å². The van der Waals surface area contributed by atoms with Crippen molar-refractivity contribution >= 4 is 0 Å². The second-order valence-electron chi connectivity index (χ2n) is 3.46. The zero-order chi connectivity index (χ0) is 8.39. The lowest BCUT2D eigenvalue weighted by Crippen LogP contribution is -2.34. The van der Waals surface area contributed by atoms with E-state index in [-0.39, 0.29) is 0 Å². The molecule has 1 aliphatic heterocycles. The predicted molar refractivity (Wildman–Crippen MR) is 50.9 cm³/mol. The third kappa shape index (κ3) is 1.32. The predicted octanol–water partition coefficient (Wildman–Crippen LogP) is 1.12. The average Bonchev–Trinajstić information content (AvgIpc) is 2.50. The van der Waals surface area contributed by atoms with Crippen LogP contribution in [-0.4, -0.2) is 30.2 Å². The lowest BCUT2D eigenvalue weighted by Gasteiger charge is -2.23. The Balaban J connectivity index is 2.03. The molecule has 0 spiro atoms. The van der Waals surface area contributed by atoms with Gasteiger partial charge in [0, 0.05) is 18.8 Å². The van der Waals surface area contributed by atoms with E-state index in [1.165, 1.54) is 13.0 Å². The SMILES string of the molecule is CCCN1CNC2C=CC=CC21. The number of nitrogens with one attached hydrogen (secondary N) is 1. The van der Waals surface area contributed by atoms with Crippen molar-refractivity contribution in [1.82, 2.24) is 10.2 Å². The molecule has 0 aromatic heterocycles. The Morgan fingerprint density at radius 1 is 1.42 bits per heavy atom. The third-order valence-electron chi connectivity index (χ3n) is 2.57. The van der Waals surface area contributed by atoms with E-state index in [0.29, 0.717) is 12.1 Å². The number of nitrogens with zero attached hydrogens (tertiary/aromatic N) is 1. The highest BCUT2D eigenvalue weighted by Gasteiger charge is 2.29. The molecule has 1 heterocycles. The molecule has 1 N–H and O–H groups in total. The van der Waals surface area contributed by atoms with Gasteiger partial charge in [0.2, 0.25) is 0 Å². The Hall–Kier alpha value is -0.600. The van der Waals surface area contributed by atoms with Gasteiger partial charge in [0.15, 0.2) is 0 Å². The Bertz CT molecular complexity index is 208. The van der Waals surface area contributed by atoms with Gasteiger partial charge in [-0.15, -0.1) is 0 Å². The fraction of sp³-hybridized carbons (Fsp3) is 0.600. The van der Waals surface area contributed by atoms with Gasteiger partial charge >= 0.3 is 0 Å². The van der Waals surface area contributed by atoms with Crippen LogP contribution in [0.3, 0.4) is 0 Å². The summed E-state index contributed by atoms with van der Waals surface area (Å²) < 4.78 is 0. The maximum absolute atomic E-state index is 3.48. The maximum Gasteiger partial charge on any atom is 0.0491 e. The highest BCUT2D eigenvalue weighted by atomic mass is 15.3. The summed E-state index contributed by atoms with van der Waals surface area (Å²) >= 11 is 0. The maximum atomic E-state index is 3.48. The van der Waals surface area contributed by atoms with Gasteiger partial charge in [-0.05, 0) is 13.0 Å². The van der Waals surface area contributed by atoms with Crippen molar-refractivity contribution in [3.8, 4) is 0 Å². The minimum Gasteiger partial charge on any atom is -0.296 e. The second kappa shape index (κ2) is 3.42. The van der Waals surface area contributed by atoms with E-state index in [9.17, 15) is 0 Å². The van der Waals surface area contributed by atoms with Crippen LogP contribution in [0, 0.1) is 0 Å². The van der Waals surface area contributed by atoms with E-state index in [2.05, 4.69) is 41.4 Å². The van der Waals surface area contributed by atoms with E-state index in [4.69, 9.17) is 0 Å². The van der Waals surface area contributed by atoms with Crippen LogP contribution in [-0.2, 0) is 0 Å². The Morgan fingerprint density at radius 3 is 3.08 bits per heavy atom. The van der Waals surface area contributed by atoms with Crippen LogP contribution in [0.25, 0.3) is 0 Å². The summed E-state index contributed by atoms with van der Waals surface area (Å²) in [4.78, 5) is 2.49. The zero-order valence-corrected chi connectivity index (χ0v) is 7.53. The quantitative estimate of drug-likeness (QED) is 0.658. The molecule has 0 bridgehead atoms. The van der Waals surface area contributed by atoms with Gasteiger partial charge < -0.3 is 0 Å². The van der Waals surface area contributed by atoms with Crippen LogP contribution in [0.15, 0.2) is 24.3 Å². The fourth-order valence-electron chi connectivity index (χ4n) is 1.98. The molecule has 0 aromatic carbocycles. The summed E-state index contributed by atoms with van der Waals surface area (Å²) in [5, 5.41) is 3.48. The lowest BCUT2D eigenvalue weighted by atomic mass is 10.0. The van der Waals surface area contributed by atoms with Gasteiger partial charge in [0.05, 0.1) is 0 Å². The first kappa shape index (κ1) is 8.02. The summed E-state index contributed by atoms with van der Waals surface area (Å²) in [6.45, 7) is 4.47. The van der Waals surface area contributed by atoms with Crippen molar-refractivity contribution in [3.05, 3.63) is 24.3 Å². The molecule has 0 radical (unpaired) electrons. The van der Waals surface area contributed by atoms with Gasteiger partial charge in [-0.3, -0.25) is 10.2 Å². The van der Waals surface area contributed by atoms with Crippen LogP contribution in [0.5, 0.6) is 0 Å². The lowest BCUT2D eigenvalue weighted by molar-refractivity contribution is 0.285. The van der Waals surface area contributed by atoms with Gasteiger partial charge in [-0.1, -0.05) is 31.2 Å². The van der Waals surface area contributed by atoms with E-state index in [1.807, 2.05) is 0 Å². The first-order valence-corrected chi connectivity index (χ1v) is 4.74. The molecule has 1 saturated heterocycles. The molecule has 1 aliphatic carbocycles. The number of allylic oxidation sites excluding steroid dienone is 2. The number of hydrogen-bond acceptors (Lipinski definition) is 2. The topological polar surface area (TPSA) is 15.3 Å². The van der Waals surface area contributed by atoms with Crippen molar-refractivity contribution < 1.29 is 0 Å². The monoisotopic (exact) mass is 164 g/mol. The molecule has 12 heavy (non-hydrogen) atoms. The second-order valence-corrected chi connectivity index (χ2v) is 3.46. The van der Waals surface area contributed by atoms with Crippen molar-refractivity contribution in [2.45, 2.75) is 25.4 Å². The summed E-state index contributed by atoms with van der Waals surface area (Å²) in [7, 11) is 0. The zero-order valence-electron chi connectivity index (χ0n) is 7.53. The summed E-state index contributed by atoms with van der Waals surface area (Å²) in [6.07, 6.45) is 10.1. The Labute approximate surface area is 73.9 Å². The molecule has 2 atom stereocenters.